The monoisotopic (exact) mass is 404 g/mol. The van der Waals surface area contributed by atoms with Crippen LogP contribution in [0.3, 0.4) is 0 Å². The Labute approximate surface area is 163 Å². The Morgan fingerprint density at radius 1 is 1.07 bits per heavy atom. The van der Waals surface area contributed by atoms with Crippen molar-refractivity contribution in [2.45, 2.75) is 11.8 Å². The van der Waals surface area contributed by atoms with Crippen molar-refractivity contribution >= 4 is 33.2 Å². The average Bonchev–Trinajstić information content (AvgIpc) is 2.67. The maximum absolute atomic E-state index is 13.2. The minimum Gasteiger partial charge on any atom is -0.497 e. The lowest BCUT2D eigenvalue weighted by Crippen LogP contribution is -2.36. The van der Waals surface area contributed by atoms with E-state index in [9.17, 15) is 18.0 Å². The summed E-state index contributed by atoms with van der Waals surface area (Å²) in [4.78, 5) is 23.5. The number of carbonyl (C=O) groups excluding carboxylic acids is 2. The van der Waals surface area contributed by atoms with E-state index in [0.717, 1.165) is 6.08 Å². The van der Waals surface area contributed by atoms with Gasteiger partial charge in [0.15, 0.2) is 0 Å². The van der Waals surface area contributed by atoms with E-state index in [0.29, 0.717) is 15.7 Å². The first-order chi connectivity index (χ1) is 13.2. The van der Waals surface area contributed by atoms with Crippen molar-refractivity contribution in [2.75, 3.05) is 23.8 Å². The zero-order valence-corrected chi connectivity index (χ0v) is 16.4. The molecule has 0 aliphatic carbocycles. The van der Waals surface area contributed by atoms with E-state index in [1.54, 1.807) is 6.07 Å². The molecule has 0 spiro atoms. The summed E-state index contributed by atoms with van der Waals surface area (Å²) in [6, 6.07) is 9.87. The van der Waals surface area contributed by atoms with Gasteiger partial charge < -0.3 is 14.8 Å². The van der Waals surface area contributed by atoms with Crippen LogP contribution in [0, 0.1) is 0 Å². The van der Waals surface area contributed by atoms with Crippen molar-refractivity contribution in [3.63, 3.8) is 0 Å². The topological polar surface area (TPSA) is 102 Å². The van der Waals surface area contributed by atoms with Crippen molar-refractivity contribution in [2.24, 2.45) is 0 Å². The molecule has 1 N–H and O–H groups in total. The van der Waals surface area contributed by atoms with Crippen LogP contribution in [-0.2, 0) is 19.6 Å². The molecule has 0 heterocycles. The van der Waals surface area contributed by atoms with Crippen LogP contribution in [0.25, 0.3) is 0 Å². The number of carbonyl (C=O) groups is 2. The molecule has 2 amide bonds. The molecule has 2 aromatic rings. The van der Waals surface area contributed by atoms with E-state index < -0.39 is 15.9 Å². The predicted octanol–water partition coefficient (Wildman–Crippen LogP) is 2.57. The van der Waals surface area contributed by atoms with Crippen LogP contribution in [0.5, 0.6) is 11.5 Å². The van der Waals surface area contributed by atoms with Crippen LogP contribution >= 0.6 is 0 Å². The van der Waals surface area contributed by atoms with E-state index in [4.69, 9.17) is 9.47 Å². The summed E-state index contributed by atoms with van der Waals surface area (Å²) in [6.07, 6.45) is 0.891. The fourth-order valence-electron chi connectivity index (χ4n) is 2.42. The summed E-state index contributed by atoms with van der Waals surface area (Å²) in [5.74, 6) is -0.652. The van der Waals surface area contributed by atoms with Crippen molar-refractivity contribution in [3.8, 4) is 11.5 Å². The number of hydrogen-bond acceptors (Lipinski definition) is 6. The molecular formula is C19H20N2O6S. The van der Waals surface area contributed by atoms with Gasteiger partial charge in [0, 0.05) is 18.7 Å². The summed E-state index contributed by atoms with van der Waals surface area (Å²) in [6.45, 7) is 4.72. The third-order valence-corrected chi connectivity index (χ3v) is 5.42. The fourth-order valence-corrected chi connectivity index (χ4v) is 3.83. The summed E-state index contributed by atoms with van der Waals surface area (Å²) in [5.41, 5.74) is 0.407. The standard InChI is InChI=1S/C19H20N2O6S/c1-5-19(23)21(17-12-15(26-3)8-11-18(17)27-4)28(24,25)16-9-6-14(7-10-16)20-13(2)22/h5-12H,1H2,2-4H3,(H,20,22). The number of rotatable bonds is 7. The van der Waals surface area contributed by atoms with Gasteiger partial charge in [0.2, 0.25) is 5.91 Å². The van der Waals surface area contributed by atoms with Crippen molar-refractivity contribution in [3.05, 3.63) is 55.1 Å². The van der Waals surface area contributed by atoms with Crippen LogP contribution in [0.4, 0.5) is 11.4 Å². The Morgan fingerprint density at radius 3 is 2.21 bits per heavy atom. The molecule has 0 saturated heterocycles. The van der Waals surface area contributed by atoms with Gasteiger partial charge in [-0.1, -0.05) is 6.58 Å². The molecular weight excluding hydrogens is 384 g/mol. The summed E-state index contributed by atoms with van der Waals surface area (Å²) < 4.78 is 37.4. The fraction of sp³-hybridized carbons (Fsp3) is 0.158. The molecule has 2 rings (SSSR count). The molecule has 2 aromatic carbocycles. The number of sulfonamides is 1. The van der Waals surface area contributed by atoms with Gasteiger partial charge in [-0.2, -0.15) is 4.31 Å². The number of methoxy groups -OCH3 is 2. The molecule has 0 atom stereocenters. The minimum absolute atomic E-state index is 0.0160. The largest absolute Gasteiger partial charge is 0.497 e. The van der Waals surface area contributed by atoms with Crippen LogP contribution in [-0.4, -0.2) is 34.5 Å². The number of hydrogen-bond donors (Lipinski definition) is 1. The summed E-state index contributed by atoms with van der Waals surface area (Å²) >= 11 is 0. The van der Waals surface area contributed by atoms with Gasteiger partial charge >= 0.3 is 0 Å². The molecule has 0 unspecified atom stereocenters. The van der Waals surface area contributed by atoms with Gasteiger partial charge in [-0.3, -0.25) is 9.59 Å². The van der Waals surface area contributed by atoms with Crippen molar-refractivity contribution in [1.29, 1.82) is 0 Å². The molecule has 28 heavy (non-hydrogen) atoms. The summed E-state index contributed by atoms with van der Waals surface area (Å²) in [7, 11) is -1.53. The lowest BCUT2D eigenvalue weighted by molar-refractivity contribution is -0.114. The number of nitrogens with one attached hydrogen (secondary N) is 1. The molecule has 9 heteroatoms. The van der Waals surface area contributed by atoms with Crippen LogP contribution in [0.2, 0.25) is 0 Å². The quantitative estimate of drug-likeness (QED) is 0.712. The zero-order chi connectivity index (χ0) is 20.9. The molecule has 0 aliphatic heterocycles. The number of anilines is 2. The maximum atomic E-state index is 13.2. The van der Waals surface area contributed by atoms with Crippen LogP contribution in [0.15, 0.2) is 60.0 Å². The van der Waals surface area contributed by atoms with Gasteiger partial charge in [0.05, 0.1) is 19.1 Å². The molecule has 148 valence electrons. The Bertz CT molecular complexity index is 1000. The highest BCUT2D eigenvalue weighted by Gasteiger charge is 2.32. The lowest BCUT2D eigenvalue weighted by Gasteiger charge is -2.23. The maximum Gasteiger partial charge on any atom is 0.271 e. The van der Waals surface area contributed by atoms with Crippen molar-refractivity contribution in [1.82, 2.24) is 0 Å². The molecule has 0 saturated carbocycles. The highest BCUT2D eigenvalue weighted by molar-refractivity contribution is 7.93. The average molecular weight is 404 g/mol. The van der Waals surface area contributed by atoms with E-state index in [-0.39, 0.29) is 22.2 Å². The SMILES string of the molecule is C=CC(=O)N(c1cc(OC)ccc1OC)S(=O)(=O)c1ccc(NC(C)=O)cc1. The van der Waals surface area contributed by atoms with E-state index in [1.807, 2.05) is 0 Å². The highest BCUT2D eigenvalue weighted by Crippen LogP contribution is 2.36. The molecule has 8 nitrogen and oxygen atoms in total. The highest BCUT2D eigenvalue weighted by atomic mass is 32.2. The third-order valence-electron chi connectivity index (χ3n) is 3.69. The Hall–Kier alpha value is -3.33. The van der Waals surface area contributed by atoms with Gasteiger partial charge in [-0.05, 0) is 42.5 Å². The number of amides is 2. The first-order valence-electron chi connectivity index (χ1n) is 8.06. The lowest BCUT2D eigenvalue weighted by atomic mass is 10.2. The third kappa shape index (κ3) is 4.32. The Balaban J connectivity index is 2.61. The number of nitrogens with zero attached hydrogens (tertiary/aromatic N) is 1. The Kier molecular flexibility index (Phi) is 6.42. The van der Waals surface area contributed by atoms with Gasteiger partial charge in [0.1, 0.15) is 17.2 Å². The minimum atomic E-state index is -4.30. The van der Waals surface area contributed by atoms with E-state index in [1.165, 1.54) is 57.5 Å². The first-order valence-corrected chi connectivity index (χ1v) is 9.50. The van der Waals surface area contributed by atoms with Gasteiger partial charge in [-0.25, -0.2) is 8.42 Å². The second-order valence-electron chi connectivity index (χ2n) is 5.56. The molecule has 0 aliphatic rings. The zero-order valence-electron chi connectivity index (χ0n) is 15.6. The van der Waals surface area contributed by atoms with Crippen LogP contribution in [0.1, 0.15) is 6.92 Å². The smallest absolute Gasteiger partial charge is 0.271 e. The molecule has 0 radical (unpaired) electrons. The van der Waals surface area contributed by atoms with E-state index >= 15 is 0 Å². The van der Waals surface area contributed by atoms with Crippen LogP contribution < -0.4 is 19.1 Å². The molecule has 0 fully saturated rings. The second kappa shape index (κ2) is 8.57. The van der Waals surface area contributed by atoms with Gasteiger partial charge in [0.25, 0.3) is 15.9 Å². The van der Waals surface area contributed by atoms with Crippen molar-refractivity contribution < 1.29 is 27.5 Å². The predicted molar refractivity (Wildman–Crippen MR) is 105 cm³/mol. The normalized spacial score (nSPS) is 10.7. The molecule has 0 bridgehead atoms. The molecule has 0 aromatic heterocycles. The number of ether oxygens (including phenoxy) is 2. The van der Waals surface area contributed by atoms with E-state index in [2.05, 4.69) is 11.9 Å². The van der Waals surface area contributed by atoms with Gasteiger partial charge in [-0.15, -0.1) is 0 Å². The number of benzene rings is 2. The first kappa shape index (κ1) is 21.0. The summed E-state index contributed by atoms with van der Waals surface area (Å²) in [5, 5.41) is 2.54. The second-order valence-corrected chi connectivity index (χ2v) is 7.34. The Morgan fingerprint density at radius 2 is 1.71 bits per heavy atom.